The van der Waals surface area contributed by atoms with E-state index in [1.165, 1.54) is 6.07 Å². The molecule has 1 aromatic carbocycles. The molecular weight excluding hydrogens is 259 g/mol. The van der Waals surface area contributed by atoms with Crippen LogP contribution in [0.4, 0.5) is 4.39 Å². The molecule has 2 aromatic rings. The molecule has 5 heteroatoms. The van der Waals surface area contributed by atoms with Gasteiger partial charge in [-0.2, -0.15) is 4.98 Å². The summed E-state index contributed by atoms with van der Waals surface area (Å²) in [5.74, 6) is 0.847. The highest BCUT2D eigenvalue weighted by atomic mass is 19.1. The Hall–Kier alpha value is -1.75. The van der Waals surface area contributed by atoms with Gasteiger partial charge in [-0.15, -0.1) is 0 Å². The first-order chi connectivity index (χ1) is 9.78. The topological polar surface area (TPSA) is 48.2 Å². The van der Waals surface area contributed by atoms with Gasteiger partial charge < -0.3 is 9.26 Å². The summed E-state index contributed by atoms with van der Waals surface area (Å²) in [6, 6.07) is 5.11. The molecule has 1 aliphatic rings. The maximum atomic E-state index is 14.0. The van der Waals surface area contributed by atoms with Gasteiger partial charge in [-0.3, -0.25) is 0 Å². The summed E-state index contributed by atoms with van der Waals surface area (Å²) in [6.45, 7) is 3.42. The molecule has 4 nitrogen and oxygen atoms in total. The van der Waals surface area contributed by atoms with E-state index in [9.17, 15) is 4.39 Å². The zero-order chi connectivity index (χ0) is 13.9. The fourth-order valence-electron chi connectivity index (χ4n) is 2.42. The zero-order valence-corrected chi connectivity index (χ0v) is 11.4. The molecule has 0 radical (unpaired) electrons. The molecule has 0 atom stereocenters. The second-order valence-electron chi connectivity index (χ2n) is 5.01. The Balaban J connectivity index is 1.85. The second kappa shape index (κ2) is 5.71. The number of nitrogens with zero attached hydrogens (tertiary/aromatic N) is 2. The zero-order valence-electron chi connectivity index (χ0n) is 11.4. The van der Waals surface area contributed by atoms with E-state index in [1.807, 2.05) is 13.0 Å². The number of rotatable bonds is 3. The summed E-state index contributed by atoms with van der Waals surface area (Å²) in [4.78, 5) is 4.35. The van der Waals surface area contributed by atoms with Crippen molar-refractivity contribution < 1.29 is 13.7 Å². The molecule has 106 valence electrons. The number of aromatic nitrogens is 2. The Kier molecular flexibility index (Phi) is 3.78. The van der Waals surface area contributed by atoms with E-state index < -0.39 is 0 Å². The molecular formula is C15H17FN2O2. The van der Waals surface area contributed by atoms with Crippen LogP contribution in [0.15, 0.2) is 22.7 Å². The van der Waals surface area contributed by atoms with Gasteiger partial charge >= 0.3 is 0 Å². The number of hydrogen-bond acceptors (Lipinski definition) is 4. The van der Waals surface area contributed by atoms with Crippen LogP contribution in [0, 0.1) is 5.82 Å². The molecule has 20 heavy (non-hydrogen) atoms. The summed E-state index contributed by atoms with van der Waals surface area (Å²) in [5, 5.41) is 3.99. The molecule has 1 aliphatic heterocycles. The average Bonchev–Trinajstić information content (AvgIpc) is 2.97. The van der Waals surface area contributed by atoms with Gasteiger partial charge in [0.15, 0.2) is 5.82 Å². The monoisotopic (exact) mass is 276 g/mol. The van der Waals surface area contributed by atoms with Gasteiger partial charge in [0.2, 0.25) is 0 Å². The van der Waals surface area contributed by atoms with Crippen molar-refractivity contribution in [2.24, 2.45) is 0 Å². The van der Waals surface area contributed by atoms with E-state index in [0.717, 1.165) is 24.8 Å². The SMILES string of the molecule is CCc1ccc(-c2nc(C3CCOCC3)no2)c(F)c1. The number of aryl methyl sites for hydroxylation is 1. The Morgan fingerprint density at radius 1 is 1.30 bits per heavy atom. The van der Waals surface area contributed by atoms with E-state index in [1.54, 1.807) is 6.07 Å². The lowest BCUT2D eigenvalue weighted by atomic mass is 10.00. The molecule has 0 amide bonds. The predicted octanol–water partition coefficient (Wildman–Crippen LogP) is 3.33. The highest BCUT2D eigenvalue weighted by Crippen LogP contribution is 2.28. The summed E-state index contributed by atoms with van der Waals surface area (Å²) in [5.41, 5.74) is 1.32. The van der Waals surface area contributed by atoms with Crippen LogP contribution in [0.2, 0.25) is 0 Å². The number of ether oxygens (including phenoxy) is 1. The number of hydrogen-bond donors (Lipinski definition) is 0. The highest BCUT2D eigenvalue weighted by molar-refractivity contribution is 5.54. The van der Waals surface area contributed by atoms with Crippen molar-refractivity contribution in [3.8, 4) is 11.5 Å². The van der Waals surface area contributed by atoms with Gasteiger partial charge in [-0.1, -0.05) is 18.1 Å². The number of benzene rings is 1. The van der Waals surface area contributed by atoms with Crippen molar-refractivity contribution in [2.45, 2.75) is 32.1 Å². The van der Waals surface area contributed by atoms with Crippen molar-refractivity contribution in [3.05, 3.63) is 35.4 Å². The van der Waals surface area contributed by atoms with E-state index in [4.69, 9.17) is 9.26 Å². The lowest BCUT2D eigenvalue weighted by Gasteiger charge is -2.18. The normalized spacial score (nSPS) is 16.5. The van der Waals surface area contributed by atoms with Crippen molar-refractivity contribution in [1.29, 1.82) is 0 Å². The average molecular weight is 276 g/mol. The molecule has 3 rings (SSSR count). The molecule has 0 bridgehead atoms. The van der Waals surface area contributed by atoms with Gasteiger partial charge in [-0.25, -0.2) is 4.39 Å². The Bertz CT molecular complexity index is 591. The fraction of sp³-hybridized carbons (Fsp3) is 0.467. The van der Waals surface area contributed by atoms with Gasteiger partial charge in [0.05, 0.1) is 5.56 Å². The first-order valence-corrected chi connectivity index (χ1v) is 6.98. The van der Waals surface area contributed by atoms with Crippen LogP contribution in [-0.4, -0.2) is 23.4 Å². The summed E-state index contributed by atoms with van der Waals surface area (Å²) < 4.78 is 24.6. The van der Waals surface area contributed by atoms with Crippen molar-refractivity contribution in [3.63, 3.8) is 0 Å². The van der Waals surface area contributed by atoms with Crippen LogP contribution < -0.4 is 0 Å². The summed E-state index contributed by atoms with van der Waals surface area (Å²) >= 11 is 0. The third-order valence-corrected chi connectivity index (χ3v) is 3.70. The number of halogens is 1. The van der Waals surface area contributed by atoms with Crippen molar-refractivity contribution in [2.75, 3.05) is 13.2 Å². The van der Waals surface area contributed by atoms with Crippen LogP contribution in [0.25, 0.3) is 11.5 Å². The minimum absolute atomic E-state index is 0.249. The third kappa shape index (κ3) is 2.58. The first-order valence-electron chi connectivity index (χ1n) is 6.98. The molecule has 1 fully saturated rings. The van der Waals surface area contributed by atoms with Crippen LogP contribution in [-0.2, 0) is 11.2 Å². The molecule has 0 aliphatic carbocycles. The van der Waals surface area contributed by atoms with Gasteiger partial charge in [0.25, 0.3) is 5.89 Å². The van der Waals surface area contributed by atoms with Crippen molar-refractivity contribution >= 4 is 0 Å². The molecule has 1 aromatic heterocycles. The maximum absolute atomic E-state index is 14.0. The van der Waals surface area contributed by atoms with Crippen LogP contribution in [0.1, 0.15) is 37.1 Å². The van der Waals surface area contributed by atoms with Crippen LogP contribution in [0.3, 0.4) is 0 Å². The Morgan fingerprint density at radius 3 is 2.80 bits per heavy atom. The van der Waals surface area contributed by atoms with Gasteiger partial charge in [-0.05, 0) is 37.0 Å². The lowest BCUT2D eigenvalue weighted by Crippen LogP contribution is -2.15. The lowest BCUT2D eigenvalue weighted by molar-refractivity contribution is 0.0830. The third-order valence-electron chi connectivity index (χ3n) is 3.70. The molecule has 0 spiro atoms. The Labute approximate surface area is 117 Å². The van der Waals surface area contributed by atoms with E-state index in [0.29, 0.717) is 24.6 Å². The second-order valence-corrected chi connectivity index (χ2v) is 5.01. The standard InChI is InChI=1S/C15H17FN2O2/c1-2-10-3-4-12(13(16)9-10)15-17-14(18-20-15)11-5-7-19-8-6-11/h3-4,9,11H,2,5-8H2,1H3. The van der Waals surface area contributed by atoms with E-state index >= 15 is 0 Å². The summed E-state index contributed by atoms with van der Waals surface area (Å²) in [6.07, 6.45) is 2.57. The molecule has 1 saturated heterocycles. The van der Waals surface area contributed by atoms with Gasteiger partial charge in [0, 0.05) is 19.1 Å². The molecule has 0 N–H and O–H groups in total. The van der Waals surface area contributed by atoms with Crippen LogP contribution in [0.5, 0.6) is 0 Å². The first kappa shape index (κ1) is 13.2. The van der Waals surface area contributed by atoms with Crippen molar-refractivity contribution in [1.82, 2.24) is 10.1 Å². The van der Waals surface area contributed by atoms with E-state index in [-0.39, 0.29) is 17.6 Å². The highest BCUT2D eigenvalue weighted by Gasteiger charge is 2.22. The maximum Gasteiger partial charge on any atom is 0.260 e. The van der Waals surface area contributed by atoms with Crippen LogP contribution >= 0.6 is 0 Å². The largest absolute Gasteiger partial charge is 0.381 e. The quantitative estimate of drug-likeness (QED) is 0.862. The Morgan fingerprint density at radius 2 is 2.10 bits per heavy atom. The van der Waals surface area contributed by atoms with Gasteiger partial charge in [0.1, 0.15) is 5.82 Å². The molecule has 0 saturated carbocycles. The molecule has 0 unspecified atom stereocenters. The fourth-order valence-corrected chi connectivity index (χ4v) is 2.42. The summed E-state index contributed by atoms with van der Waals surface area (Å²) in [7, 11) is 0. The predicted molar refractivity (Wildman–Crippen MR) is 71.9 cm³/mol. The van der Waals surface area contributed by atoms with E-state index in [2.05, 4.69) is 10.1 Å². The minimum Gasteiger partial charge on any atom is -0.381 e. The smallest absolute Gasteiger partial charge is 0.260 e. The molecule has 2 heterocycles. The minimum atomic E-state index is -0.313.